The van der Waals surface area contributed by atoms with Gasteiger partial charge in [-0.2, -0.15) is 15.0 Å². The van der Waals surface area contributed by atoms with E-state index in [-0.39, 0.29) is 56.0 Å². The number of hydrogen-bond donors (Lipinski definition) is 3. The van der Waals surface area contributed by atoms with Crippen LogP contribution in [0.1, 0.15) is 160 Å². The lowest BCUT2D eigenvalue weighted by Crippen LogP contribution is -2.51. The summed E-state index contributed by atoms with van der Waals surface area (Å²) in [5.41, 5.74) is 0.881. The maximum atomic E-state index is 14.3. The molecule has 1 aliphatic carbocycles. The second-order valence-corrected chi connectivity index (χ2v) is 26.9. The molecule has 2 aromatic heterocycles. The van der Waals surface area contributed by atoms with Gasteiger partial charge in [0.25, 0.3) is 0 Å². The lowest BCUT2D eigenvalue weighted by molar-refractivity contribution is -0.122. The third-order valence-electron chi connectivity index (χ3n) is 14.4. The van der Waals surface area contributed by atoms with Crippen molar-refractivity contribution >= 4 is 63.3 Å². The molecule has 84 heavy (non-hydrogen) atoms. The van der Waals surface area contributed by atoms with Gasteiger partial charge in [0.2, 0.25) is 17.8 Å². The van der Waals surface area contributed by atoms with E-state index in [1.807, 2.05) is 66.8 Å². The molecule has 4 aromatic rings. The molecular weight excluding hydrogens is 1080 g/mol. The molecule has 0 spiro atoms. The van der Waals surface area contributed by atoms with Gasteiger partial charge in [0.15, 0.2) is 0 Å². The molecule has 2 fully saturated rings. The fourth-order valence-corrected chi connectivity index (χ4v) is 11.0. The summed E-state index contributed by atoms with van der Waals surface area (Å²) in [6.07, 6.45) is 12.7. The second kappa shape index (κ2) is 32.3. The molecule has 1 saturated carbocycles. The maximum Gasteiger partial charge on any atom is 0.410 e. The number of nitrogens with one attached hydrogen (secondary N) is 3. The number of thiazole rings is 1. The van der Waals surface area contributed by atoms with Crippen molar-refractivity contribution in [1.29, 1.82) is 0 Å². The topological polar surface area (TPSA) is 209 Å². The first-order valence-corrected chi connectivity index (χ1v) is 31.7. The molecule has 20 nitrogen and oxygen atoms in total. The zero-order valence-electron chi connectivity index (χ0n) is 52.7. The minimum absolute atomic E-state index is 0.157. The predicted octanol–water partition coefficient (Wildman–Crippen LogP) is 12.1. The SMILES string of the molecule is CC(C)CC(Nc1nc(NC2CCCCCCCCCCC2)nc(OCCN(C)c2ccc(-c3nc4ccccc4s3)cc2)n1)C(=O)NCCCN1CCN(C(=O)OC(C)(C)C)CCN(C(=O)OC(C)(C)C)CCN(C(=O)OC(C)(C)C)CC1. The van der Waals surface area contributed by atoms with Crippen LogP contribution >= 0.6 is 11.3 Å². The highest BCUT2D eigenvalue weighted by Crippen LogP contribution is 2.31. The Labute approximate surface area is 504 Å². The van der Waals surface area contributed by atoms with E-state index < -0.39 is 41.1 Å². The smallest absolute Gasteiger partial charge is 0.410 e. The van der Waals surface area contributed by atoms with Crippen LogP contribution in [0.3, 0.4) is 0 Å². The summed E-state index contributed by atoms with van der Waals surface area (Å²) < 4.78 is 25.0. The molecule has 2 aliphatic rings. The predicted molar refractivity (Wildman–Crippen MR) is 336 cm³/mol. The Morgan fingerprint density at radius 1 is 0.643 bits per heavy atom. The van der Waals surface area contributed by atoms with Gasteiger partial charge < -0.3 is 54.5 Å². The average molecular weight is 1190 g/mol. The van der Waals surface area contributed by atoms with E-state index in [4.69, 9.17) is 38.9 Å². The van der Waals surface area contributed by atoms with Crippen molar-refractivity contribution < 1.29 is 38.1 Å². The lowest BCUT2D eigenvalue weighted by atomic mass is 9.98. The minimum Gasteiger partial charge on any atom is -0.461 e. The van der Waals surface area contributed by atoms with Crippen LogP contribution in [0.15, 0.2) is 48.5 Å². The van der Waals surface area contributed by atoms with Crippen LogP contribution in [0.2, 0.25) is 0 Å². The van der Waals surface area contributed by atoms with E-state index >= 15 is 0 Å². The summed E-state index contributed by atoms with van der Waals surface area (Å²) >= 11 is 1.69. The minimum atomic E-state index is -0.752. The van der Waals surface area contributed by atoms with E-state index in [1.54, 1.807) is 41.9 Å². The molecular formula is C63H100N12O8S. The largest absolute Gasteiger partial charge is 0.461 e. The first-order valence-electron chi connectivity index (χ1n) is 30.9. The molecule has 1 aliphatic heterocycles. The number of likely N-dealkylation sites (N-methyl/N-ethyl adjacent to an activating group) is 1. The molecule has 1 atom stereocenters. The first-order chi connectivity index (χ1) is 39.9. The van der Waals surface area contributed by atoms with Crippen LogP contribution in [0.25, 0.3) is 20.8 Å². The number of fused-ring (bicyclic) bond motifs is 1. The quantitative estimate of drug-likeness (QED) is 0.0663. The lowest BCUT2D eigenvalue weighted by Gasteiger charge is -2.35. The molecule has 1 saturated heterocycles. The van der Waals surface area contributed by atoms with Gasteiger partial charge in [0.05, 0.1) is 16.8 Å². The van der Waals surface area contributed by atoms with Crippen LogP contribution in [-0.2, 0) is 19.0 Å². The molecule has 2 aromatic carbocycles. The van der Waals surface area contributed by atoms with Gasteiger partial charge in [-0.05, 0) is 137 Å². The van der Waals surface area contributed by atoms with Crippen LogP contribution in [0.5, 0.6) is 6.01 Å². The highest BCUT2D eigenvalue weighted by Gasteiger charge is 2.30. The molecule has 3 N–H and O–H groups in total. The maximum absolute atomic E-state index is 14.3. The Balaban J connectivity index is 1.14. The Bertz CT molecular complexity index is 2580. The number of hydrogen-bond acceptors (Lipinski definition) is 17. The van der Waals surface area contributed by atoms with E-state index in [0.717, 1.165) is 52.2 Å². The Kier molecular flexibility index (Phi) is 25.8. The van der Waals surface area contributed by atoms with Crippen molar-refractivity contribution in [3.8, 4) is 16.6 Å². The van der Waals surface area contributed by atoms with Gasteiger partial charge in [-0.3, -0.25) is 9.69 Å². The normalized spacial score (nSPS) is 16.8. The van der Waals surface area contributed by atoms with Crippen molar-refractivity contribution in [3.05, 3.63) is 48.5 Å². The van der Waals surface area contributed by atoms with E-state index in [0.29, 0.717) is 71.2 Å². The summed E-state index contributed by atoms with van der Waals surface area (Å²) in [6, 6.07) is 16.3. The van der Waals surface area contributed by atoms with Gasteiger partial charge in [-0.25, -0.2) is 19.4 Å². The number of amides is 4. The van der Waals surface area contributed by atoms with Crippen molar-refractivity contribution in [3.63, 3.8) is 0 Å². The number of aromatic nitrogens is 4. The zero-order chi connectivity index (χ0) is 60.9. The van der Waals surface area contributed by atoms with Gasteiger partial charge in [0, 0.05) is 83.2 Å². The number of nitrogens with zero attached hydrogens (tertiary/aromatic N) is 9. The van der Waals surface area contributed by atoms with Crippen LogP contribution in [-0.4, -0.2) is 178 Å². The third-order valence-corrected chi connectivity index (χ3v) is 15.5. The first kappa shape index (κ1) is 66.9. The highest BCUT2D eigenvalue weighted by molar-refractivity contribution is 7.21. The number of ether oxygens (including phenoxy) is 4. The fraction of sp³-hybridized carbons (Fsp3) is 0.683. The van der Waals surface area contributed by atoms with Gasteiger partial charge >= 0.3 is 24.3 Å². The van der Waals surface area contributed by atoms with Crippen LogP contribution in [0, 0.1) is 5.92 Å². The summed E-state index contributed by atoms with van der Waals surface area (Å²) in [5, 5.41) is 11.3. The second-order valence-electron chi connectivity index (χ2n) is 25.9. The summed E-state index contributed by atoms with van der Waals surface area (Å²) in [5.74, 6) is 0.647. The molecule has 3 heterocycles. The zero-order valence-corrected chi connectivity index (χ0v) is 53.5. The number of carbonyl (C=O) groups excluding carboxylic acids is 4. The monoisotopic (exact) mass is 1180 g/mol. The van der Waals surface area contributed by atoms with Crippen molar-refractivity contribution in [2.75, 3.05) is 101 Å². The number of anilines is 3. The van der Waals surface area contributed by atoms with E-state index in [2.05, 4.69) is 69.9 Å². The van der Waals surface area contributed by atoms with Gasteiger partial charge in [-0.1, -0.05) is 83.8 Å². The van der Waals surface area contributed by atoms with Crippen molar-refractivity contribution in [2.45, 2.75) is 189 Å². The molecule has 0 bridgehead atoms. The van der Waals surface area contributed by atoms with Gasteiger partial charge in [-0.15, -0.1) is 11.3 Å². The van der Waals surface area contributed by atoms with Crippen LogP contribution in [0.4, 0.5) is 32.0 Å². The van der Waals surface area contributed by atoms with Crippen LogP contribution < -0.4 is 25.6 Å². The fourth-order valence-electron chi connectivity index (χ4n) is 10.00. The Morgan fingerprint density at radius 3 is 1.65 bits per heavy atom. The molecule has 1 unspecified atom stereocenters. The van der Waals surface area contributed by atoms with Crippen molar-refractivity contribution in [2.24, 2.45) is 5.92 Å². The Morgan fingerprint density at radius 2 is 1.14 bits per heavy atom. The number of para-hydroxylation sites is 1. The molecule has 21 heteroatoms. The summed E-state index contributed by atoms with van der Waals surface area (Å²) in [6.45, 7) is 24.4. The number of carbonyl (C=O) groups is 4. The average Bonchev–Trinajstić information content (AvgIpc) is 3.98. The summed E-state index contributed by atoms with van der Waals surface area (Å²) in [4.78, 5) is 83.7. The van der Waals surface area contributed by atoms with E-state index in [9.17, 15) is 19.2 Å². The number of rotatable bonds is 17. The third kappa shape index (κ3) is 24.0. The molecule has 6 rings (SSSR count). The van der Waals surface area contributed by atoms with E-state index in [1.165, 1.54) is 49.8 Å². The van der Waals surface area contributed by atoms with Crippen molar-refractivity contribution in [1.82, 2.24) is 44.9 Å². The molecule has 466 valence electrons. The Hall–Kier alpha value is -6.22. The highest BCUT2D eigenvalue weighted by atomic mass is 32.1. The molecule has 4 amide bonds. The number of benzene rings is 2. The summed E-state index contributed by atoms with van der Waals surface area (Å²) in [7, 11) is 2.03. The van der Waals surface area contributed by atoms with Gasteiger partial charge in [0.1, 0.15) is 34.5 Å². The molecule has 0 radical (unpaired) electrons. The standard InChI is InChI=1S/C63H100N12O8S/c1-46(2)45-51(53(76)64-33-24-34-72-35-37-73(58(77)81-61(3,4)5)39-41-75(60(79)83-63(9,10)11)42-40-74(38-36-72)59(78)82-62(6,7)8)67-56-68-55(65-48-25-20-18-16-14-13-15-17-19-21-26-48)69-57(70-56)80-44-43-71(12)49-31-29-47(30-32-49)54-66-50-27-22-23-28-52(50)84-54/h22-23,27-32,46,48,51H,13-21,24-26,33-45H2,1-12H3,(H,64,76)(H2,65,67,68,69,70).